The van der Waals surface area contributed by atoms with Crippen LogP contribution in [0.2, 0.25) is 0 Å². The van der Waals surface area contributed by atoms with E-state index >= 15 is 0 Å². The molecular formula is C19H22N2O3. The number of nitrogens with one attached hydrogen (secondary N) is 2. The second-order valence-electron chi connectivity index (χ2n) is 5.54. The van der Waals surface area contributed by atoms with Gasteiger partial charge < -0.3 is 15.4 Å². The number of ether oxygens (including phenoxy) is 1. The van der Waals surface area contributed by atoms with Gasteiger partial charge in [-0.15, -0.1) is 0 Å². The van der Waals surface area contributed by atoms with Gasteiger partial charge in [0.05, 0.1) is 18.7 Å². The molecule has 0 saturated carbocycles. The van der Waals surface area contributed by atoms with E-state index in [1.54, 1.807) is 12.1 Å². The molecule has 2 aromatic carbocycles. The van der Waals surface area contributed by atoms with Crippen LogP contribution in [-0.4, -0.2) is 18.4 Å². The van der Waals surface area contributed by atoms with E-state index in [1.807, 2.05) is 44.2 Å². The SMILES string of the molecule is CCOc1cc(C)ccc1NC(=O)Cc1ccc(NC(C)=O)cc1. The summed E-state index contributed by atoms with van der Waals surface area (Å²) in [6, 6.07) is 12.9. The fraction of sp³-hybridized carbons (Fsp3) is 0.263. The largest absolute Gasteiger partial charge is 0.492 e. The summed E-state index contributed by atoms with van der Waals surface area (Å²) in [5, 5.41) is 5.58. The Morgan fingerprint density at radius 1 is 1.04 bits per heavy atom. The standard InChI is InChI=1S/C19H22N2O3/c1-4-24-18-11-13(2)5-10-17(18)21-19(23)12-15-6-8-16(9-7-15)20-14(3)22/h5-11H,4,12H2,1-3H3,(H,20,22)(H,21,23). The first-order chi connectivity index (χ1) is 11.5. The van der Waals surface area contributed by atoms with E-state index in [0.717, 1.165) is 11.1 Å². The van der Waals surface area contributed by atoms with E-state index in [4.69, 9.17) is 4.74 Å². The smallest absolute Gasteiger partial charge is 0.228 e. The molecule has 0 fully saturated rings. The van der Waals surface area contributed by atoms with Gasteiger partial charge in [0.1, 0.15) is 5.75 Å². The van der Waals surface area contributed by atoms with E-state index in [1.165, 1.54) is 6.92 Å². The number of benzene rings is 2. The number of carbonyl (C=O) groups is 2. The lowest BCUT2D eigenvalue weighted by atomic mass is 10.1. The van der Waals surface area contributed by atoms with Crippen LogP contribution in [0.25, 0.3) is 0 Å². The Balaban J connectivity index is 2.01. The average molecular weight is 326 g/mol. The van der Waals surface area contributed by atoms with Crippen LogP contribution in [0.4, 0.5) is 11.4 Å². The molecule has 0 atom stereocenters. The Morgan fingerprint density at radius 2 is 1.75 bits per heavy atom. The Labute approximate surface area is 142 Å². The fourth-order valence-electron chi connectivity index (χ4n) is 2.30. The molecule has 5 nitrogen and oxygen atoms in total. The average Bonchev–Trinajstić information content (AvgIpc) is 2.52. The van der Waals surface area contributed by atoms with Crippen LogP contribution in [0.3, 0.4) is 0 Å². The maximum atomic E-state index is 12.2. The van der Waals surface area contributed by atoms with E-state index < -0.39 is 0 Å². The highest BCUT2D eigenvalue weighted by Crippen LogP contribution is 2.26. The number of amides is 2. The quantitative estimate of drug-likeness (QED) is 0.853. The molecule has 0 heterocycles. The molecule has 0 aliphatic carbocycles. The number of anilines is 2. The van der Waals surface area contributed by atoms with Crippen molar-refractivity contribution in [2.24, 2.45) is 0 Å². The summed E-state index contributed by atoms with van der Waals surface area (Å²) in [7, 11) is 0. The van der Waals surface area contributed by atoms with Gasteiger partial charge in [0.2, 0.25) is 11.8 Å². The van der Waals surface area contributed by atoms with Crippen molar-refractivity contribution >= 4 is 23.2 Å². The van der Waals surface area contributed by atoms with E-state index in [9.17, 15) is 9.59 Å². The van der Waals surface area contributed by atoms with Crippen LogP contribution < -0.4 is 15.4 Å². The summed E-state index contributed by atoms with van der Waals surface area (Å²) < 4.78 is 5.57. The van der Waals surface area contributed by atoms with Crippen molar-refractivity contribution in [3.63, 3.8) is 0 Å². The van der Waals surface area contributed by atoms with Gasteiger partial charge in [0.25, 0.3) is 0 Å². The summed E-state index contributed by atoms with van der Waals surface area (Å²) in [6.07, 6.45) is 0.250. The first-order valence-corrected chi connectivity index (χ1v) is 7.87. The Kier molecular flexibility index (Phi) is 5.95. The van der Waals surface area contributed by atoms with Crippen LogP contribution in [-0.2, 0) is 16.0 Å². The third kappa shape index (κ3) is 5.12. The van der Waals surface area contributed by atoms with Crippen molar-refractivity contribution in [1.29, 1.82) is 0 Å². The van der Waals surface area contributed by atoms with Crippen molar-refractivity contribution < 1.29 is 14.3 Å². The molecule has 5 heteroatoms. The highest BCUT2D eigenvalue weighted by Gasteiger charge is 2.09. The first kappa shape index (κ1) is 17.5. The van der Waals surface area contributed by atoms with Gasteiger partial charge in [-0.05, 0) is 49.2 Å². The third-order valence-electron chi connectivity index (χ3n) is 3.35. The second-order valence-corrected chi connectivity index (χ2v) is 5.54. The summed E-state index contributed by atoms with van der Waals surface area (Å²) >= 11 is 0. The second kappa shape index (κ2) is 8.15. The molecule has 0 spiro atoms. The van der Waals surface area contributed by atoms with Crippen molar-refractivity contribution in [3.8, 4) is 5.75 Å². The molecule has 0 radical (unpaired) electrons. The van der Waals surface area contributed by atoms with E-state index in [0.29, 0.717) is 23.7 Å². The van der Waals surface area contributed by atoms with Crippen LogP contribution >= 0.6 is 0 Å². The topological polar surface area (TPSA) is 67.4 Å². The Hall–Kier alpha value is -2.82. The Morgan fingerprint density at radius 3 is 2.38 bits per heavy atom. The van der Waals surface area contributed by atoms with Crippen molar-refractivity contribution in [1.82, 2.24) is 0 Å². The molecule has 2 N–H and O–H groups in total. The zero-order chi connectivity index (χ0) is 17.5. The molecule has 0 bridgehead atoms. The summed E-state index contributed by atoms with van der Waals surface area (Å²) in [6.45, 7) is 5.88. The zero-order valence-corrected chi connectivity index (χ0v) is 14.2. The lowest BCUT2D eigenvalue weighted by Crippen LogP contribution is -2.15. The van der Waals surface area contributed by atoms with Gasteiger partial charge in [-0.2, -0.15) is 0 Å². The molecule has 0 unspecified atom stereocenters. The predicted octanol–water partition coefficient (Wildman–Crippen LogP) is 3.53. The lowest BCUT2D eigenvalue weighted by molar-refractivity contribution is -0.116. The summed E-state index contributed by atoms with van der Waals surface area (Å²) in [5.74, 6) is 0.433. The fourth-order valence-corrected chi connectivity index (χ4v) is 2.30. The number of hydrogen-bond donors (Lipinski definition) is 2. The van der Waals surface area contributed by atoms with Crippen molar-refractivity contribution in [3.05, 3.63) is 53.6 Å². The third-order valence-corrected chi connectivity index (χ3v) is 3.35. The highest BCUT2D eigenvalue weighted by molar-refractivity contribution is 5.94. The minimum atomic E-state index is -0.122. The van der Waals surface area contributed by atoms with E-state index in [-0.39, 0.29) is 18.2 Å². The molecule has 0 aromatic heterocycles. The highest BCUT2D eigenvalue weighted by atomic mass is 16.5. The van der Waals surface area contributed by atoms with Crippen molar-refractivity contribution in [2.45, 2.75) is 27.2 Å². The molecule has 0 saturated heterocycles. The van der Waals surface area contributed by atoms with E-state index in [2.05, 4.69) is 10.6 Å². The lowest BCUT2D eigenvalue weighted by Gasteiger charge is -2.12. The molecule has 2 rings (SSSR count). The summed E-state index contributed by atoms with van der Waals surface area (Å²) in [5.41, 5.74) is 3.32. The monoisotopic (exact) mass is 326 g/mol. The molecule has 24 heavy (non-hydrogen) atoms. The van der Waals surface area contributed by atoms with Gasteiger partial charge in [0, 0.05) is 12.6 Å². The Bertz CT molecular complexity index is 724. The maximum Gasteiger partial charge on any atom is 0.228 e. The van der Waals surface area contributed by atoms with Crippen LogP contribution in [0, 0.1) is 6.92 Å². The van der Waals surface area contributed by atoms with Gasteiger partial charge in [-0.1, -0.05) is 18.2 Å². The number of hydrogen-bond acceptors (Lipinski definition) is 3. The van der Waals surface area contributed by atoms with Crippen LogP contribution in [0.15, 0.2) is 42.5 Å². The number of carbonyl (C=O) groups excluding carboxylic acids is 2. The molecular weight excluding hydrogens is 304 g/mol. The molecule has 0 aliphatic rings. The van der Waals surface area contributed by atoms with Crippen LogP contribution in [0.5, 0.6) is 5.75 Å². The minimum Gasteiger partial charge on any atom is -0.492 e. The molecule has 2 amide bonds. The van der Waals surface area contributed by atoms with Crippen LogP contribution in [0.1, 0.15) is 25.0 Å². The van der Waals surface area contributed by atoms with Gasteiger partial charge in [-0.3, -0.25) is 9.59 Å². The number of aryl methyl sites for hydroxylation is 1. The maximum absolute atomic E-state index is 12.2. The van der Waals surface area contributed by atoms with Gasteiger partial charge in [-0.25, -0.2) is 0 Å². The number of rotatable bonds is 6. The predicted molar refractivity (Wildman–Crippen MR) is 95.4 cm³/mol. The minimum absolute atomic E-state index is 0.118. The summed E-state index contributed by atoms with van der Waals surface area (Å²) in [4.78, 5) is 23.3. The normalized spacial score (nSPS) is 10.1. The first-order valence-electron chi connectivity index (χ1n) is 7.87. The van der Waals surface area contributed by atoms with Crippen molar-refractivity contribution in [2.75, 3.05) is 17.2 Å². The van der Waals surface area contributed by atoms with Gasteiger partial charge in [0.15, 0.2) is 0 Å². The molecule has 0 aliphatic heterocycles. The van der Waals surface area contributed by atoms with Gasteiger partial charge >= 0.3 is 0 Å². The molecule has 126 valence electrons. The molecule has 2 aromatic rings. The zero-order valence-electron chi connectivity index (χ0n) is 14.2.